The molecule has 0 radical (unpaired) electrons. The van der Waals surface area contributed by atoms with Crippen molar-refractivity contribution in [3.8, 4) is 11.5 Å². The van der Waals surface area contributed by atoms with Crippen molar-refractivity contribution in [2.45, 2.75) is 13.3 Å². The van der Waals surface area contributed by atoms with E-state index < -0.39 is 0 Å². The molecule has 0 saturated carbocycles. The Morgan fingerprint density at radius 3 is 2.95 bits per heavy atom. The number of nitrogen functional groups attached to an aromatic ring is 1. The number of nitrogens with zero attached hydrogens (tertiary/aromatic N) is 1. The van der Waals surface area contributed by atoms with E-state index in [4.69, 9.17) is 15.2 Å². The number of anilines is 3. The van der Waals surface area contributed by atoms with Crippen LogP contribution in [0.15, 0.2) is 42.5 Å². The van der Waals surface area contributed by atoms with Crippen molar-refractivity contribution < 1.29 is 9.47 Å². The molecule has 0 atom stereocenters. The summed E-state index contributed by atoms with van der Waals surface area (Å²) >= 11 is 0. The topological polar surface area (TPSA) is 47.7 Å². The van der Waals surface area contributed by atoms with E-state index in [2.05, 4.69) is 11.0 Å². The molecule has 1 aliphatic rings. The molecule has 2 aromatic carbocycles. The van der Waals surface area contributed by atoms with Gasteiger partial charge in [0.1, 0.15) is 11.5 Å². The first-order valence-corrected chi connectivity index (χ1v) is 7.31. The van der Waals surface area contributed by atoms with Crippen LogP contribution in [0.4, 0.5) is 17.1 Å². The third-order valence-corrected chi connectivity index (χ3v) is 3.55. The van der Waals surface area contributed by atoms with E-state index >= 15 is 0 Å². The van der Waals surface area contributed by atoms with Crippen molar-refractivity contribution in [2.24, 2.45) is 0 Å². The van der Waals surface area contributed by atoms with Crippen molar-refractivity contribution in [1.82, 2.24) is 0 Å². The lowest BCUT2D eigenvalue weighted by Crippen LogP contribution is -2.17. The molecule has 2 aromatic rings. The van der Waals surface area contributed by atoms with Gasteiger partial charge in [0.15, 0.2) is 0 Å². The van der Waals surface area contributed by atoms with Crippen LogP contribution in [0.2, 0.25) is 0 Å². The van der Waals surface area contributed by atoms with E-state index in [1.807, 2.05) is 43.3 Å². The standard InChI is InChI=1S/C17H20N2O2/c1-2-20-17-12-13(8-9-14(17)18)19-10-5-11-21-16-7-4-3-6-15(16)19/h3-4,6-9,12H,2,5,10-11,18H2,1H3. The summed E-state index contributed by atoms with van der Waals surface area (Å²) in [5, 5.41) is 0. The summed E-state index contributed by atoms with van der Waals surface area (Å²) in [5.41, 5.74) is 8.79. The van der Waals surface area contributed by atoms with Crippen LogP contribution in [0.3, 0.4) is 0 Å². The van der Waals surface area contributed by atoms with Gasteiger partial charge in [-0.05, 0) is 37.6 Å². The number of para-hydroxylation sites is 2. The molecule has 0 fully saturated rings. The first kappa shape index (κ1) is 13.6. The summed E-state index contributed by atoms with van der Waals surface area (Å²) in [6.45, 7) is 4.21. The highest BCUT2D eigenvalue weighted by molar-refractivity contribution is 5.73. The molecule has 0 saturated heterocycles. The number of benzene rings is 2. The molecule has 4 nitrogen and oxygen atoms in total. The second-order valence-electron chi connectivity index (χ2n) is 4.98. The highest BCUT2D eigenvalue weighted by atomic mass is 16.5. The predicted octanol–water partition coefficient (Wildman–Crippen LogP) is 3.59. The number of rotatable bonds is 3. The maximum Gasteiger partial charge on any atom is 0.144 e. The SMILES string of the molecule is CCOc1cc(N2CCCOc3ccccc32)ccc1N. The fraction of sp³-hybridized carbons (Fsp3) is 0.294. The minimum absolute atomic E-state index is 0.605. The number of nitrogens with two attached hydrogens (primary N) is 1. The van der Waals surface area contributed by atoms with Gasteiger partial charge in [0.25, 0.3) is 0 Å². The highest BCUT2D eigenvalue weighted by Gasteiger charge is 2.18. The third kappa shape index (κ3) is 2.75. The molecule has 1 aliphatic heterocycles. The lowest BCUT2D eigenvalue weighted by Gasteiger charge is -2.24. The van der Waals surface area contributed by atoms with Crippen LogP contribution < -0.4 is 20.1 Å². The minimum Gasteiger partial charge on any atom is -0.492 e. The molecule has 4 heteroatoms. The van der Waals surface area contributed by atoms with Gasteiger partial charge < -0.3 is 20.1 Å². The Bertz CT molecular complexity index is 628. The maximum absolute atomic E-state index is 5.96. The number of hydrogen-bond acceptors (Lipinski definition) is 4. The van der Waals surface area contributed by atoms with Gasteiger partial charge in [-0.1, -0.05) is 12.1 Å². The van der Waals surface area contributed by atoms with Crippen molar-refractivity contribution in [3.63, 3.8) is 0 Å². The predicted molar refractivity (Wildman–Crippen MR) is 85.6 cm³/mol. The molecule has 0 amide bonds. The van der Waals surface area contributed by atoms with Crippen LogP contribution in [0.5, 0.6) is 11.5 Å². The average molecular weight is 284 g/mol. The maximum atomic E-state index is 5.96. The van der Waals surface area contributed by atoms with Gasteiger partial charge in [-0.3, -0.25) is 0 Å². The van der Waals surface area contributed by atoms with E-state index in [1.54, 1.807) is 0 Å². The Morgan fingerprint density at radius 2 is 2.10 bits per heavy atom. The number of hydrogen-bond donors (Lipinski definition) is 1. The van der Waals surface area contributed by atoms with Crippen LogP contribution in [-0.2, 0) is 0 Å². The second-order valence-corrected chi connectivity index (χ2v) is 4.98. The molecule has 0 unspecified atom stereocenters. The molecular formula is C17H20N2O2. The summed E-state index contributed by atoms with van der Waals surface area (Å²) < 4.78 is 11.4. The first-order chi connectivity index (χ1) is 10.3. The first-order valence-electron chi connectivity index (χ1n) is 7.31. The Hall–Kier alpha value is -2.36. The molecule has 110 valence electrons. The van der Waals surface area contributed by atoms with E-state index in [1.165, 1.54) is 0 Å². The van der Waals surface area contributed by atoms with E-state index in [9.17, 15) is 0 Å². The molecule has 3 rings (SSSR count). The molecule has 0 spiro atoms. The lowest BCUT2D eigenvalue weighted by atomic mass is 10.2. The van der Waals surface area contributed by atoms with E-state index in [0.29, 0.717) is 12.3 Å². The monoisotopic (exact) mass is 284 g/mol. The molecule has 21 heavy (non-hydrogen) atoms. The van der Waals surface area contributed by atoms with Gasteiger partial charge in [-0.15, -0.1) is 0 Å². The Labute approximate surface area is 125 Å². The van der Waals surface area contributed by atoms with Crippen molar-refractivity contribution in [2.75, 3.05) is 30.4 Å². The van der Waals surface area contributed by atoms with E-state index in [-0.39, 0.29) is 0 Å². The fourth-order valence-corrected chi connectivity index (χ4v) is 2.57. The van der Waals surface area contributed by atoms with Gasteiger partial charge in [0.05, 0.1) is 24.6 Å². The second kappa shape index (κ2) is 5.95. The summed E-state index contributed by atoms with van der Waals surface area (Å²) in [6.07, 6.45) is 0.975. The summed E-state index contributed by atoms with van der Waals surface area (Å²) in [4.78, 5) is 2.25. The summed E-state index contributed by atoms with van der Waals surface area (Å²) in [5.74, 6) is 1.66. The molecule has 0 aromatic heterocycles. The van der Waals surface area contributed by atoms with Crippen LogP contribution in [-0.4, -0.2) is 19.8 Å². The molecular weight excluding hydrogens is 264 g/mol. The van der Waals surface area contributed by atoms with Crippen molar-refractivity contribution >= 4 is 17.1 Å². The van der Waals surface area contributed by atoms with Gasteiger partial charge in [0, 0.05) is 18.3 Å². The quantitative estimate of drug-likeness (QED) is 0.875. The van der Waals surface area contributed by atoms with Gasteiger partial charge >= 0.3 is 0 Å². The van der Waals surface area contributed by atoms with Crippen LogP contribution in [0.1, 0.15) is 13.3 Å². The van der Waals surface area contributed by atoms with Gasteiger partial charge in [0.2, 0.25) is 0 Å². The van der Waals surface area contributed by atoms with Crippen LogP contribution in [0.25, 0.3) is 0 Å². The fourth-order valence-electron chi connectivity index (χ4n) is 2.57. The molecule has 1 heterocycles. The largest absolute Gasteiger partial charge is 0.492 e. The van der Waals surface area contributed by atoms with Crippen LogP contribution >= 0.6 is 0 Å². The Morgan fingerprint density at radius 1 is 1.24 bits per heavy atom. The lowest BCUT2D eigenvalue weighted by molar-refractivity contribution is 0.322. The molecule has 0 bridgehead atoms. The molecule has 2 N–H and O–H groups in total. The smallest absolute Gasteiger partial charge is 0.144 e. The summed E-state index contributed by atoms with van der Waals surface area (Å²) in [7, 11) is 0. The Kier molecular flexibility index (Phi) is 3.86. The zero-order valence-electron chi connectivity index (χ0n) is 12.2. The van der Waals surface area contributed by atoms with Gasteiger partial charge in [-0.25, -0.2) is 0 Å². The van der Waals surface area contributed by atoms with Crippen molar-refractivity contribution in [1.29, 1.82) is 0 Å². The number of fused-ring (bicyclic) bond motifs is 1. The van der Waals surface area contributed by atoms with Gasteiger partial charge in [-0.2, -0.15) is 0 Å². The molecule has 0 aliphatic carbocycles. The zero-order chi connectivity index (χ0) is 14.7. The normalized spacial score (nSPS) is 14.0. The highest BCUT2D eigenvalue weighted by Crippen LogP contribution is 2.38. The van der Waals surface area contributed by atoms with Crippen LogP contribution in [0, 0.1) is 0 Å². The Balaban J connectivity index is 2.01. The minimum atomic E-state index is 0.605. The summed E-state index contributed by atoms with van der Waals surface area (Å²) in [6, 6.07) is 14.0. The number of ether oxygens (including phenoxy) is 2. The van der Waals surface area contributed by atoms with E-state index in [0.717, 1.165) is 42.4 Å². The van der Waals surface area contributed by atoms with Crippen molar-refractivity contribution in [3.05, 3.63) is 42.5 Å². The zero-order valence-corrected chi connectivity index (χ0v) is 12.2. The third-order valence-electron chi connectivity index (χ3n) is 3.55. The average Bonchev–Trinajstić information content (AvgIpc) is 2.72.